The average Bonchev–Trinajstić information content (AvgIpc) is 2.86. The minimum Gasteiger partial charge on any atom is -0.0659 e. The molecule has 1 heterocycles. The third-order valence-corrected chi connectivity index (χ3v) is 20.9. The molecule has 0 saturated carbocycles. The highest BCUT2D eigenvalue weighted by atomic mass is 31.2. The van der Waals surface area contributed by atoms with Crippen LogP contribution in [0.2, 0.25) is 0 Å². The molecular formula is C28H28P4. The van der Waals surface area contributed by atoms with E-state index < -0.39 is 0 Å². The van der Waals surface area contributed by atoms with Gasteiger partial charge in [-0.2, -0.15) is 0 Å². The van der Waals surface area contributed by atoms with Crippen molar-refractivity contribution in [2.75, 3.05) is 23.6 Å². The Kier molecular flexibility index (Phi) is 7.80. The van der Waals surface area contributed by atoms with Gasteiger partial charge in [0.1, 0.15) is 0 Å². The molecule has 32 heavy (non-hydrogen) atoms. The maximum Gasteiger partial charge on any atom is -0.00333 e. The zero-order valence-corrected chi connectivity index (χ0v) is 21.7. The van der Waals surface area contributed by atoms with Gasteiger partial charge in [-0.15, -0.1) is 0 Å². The minimum atomic E-state index is -0.156. The lowest BCUT2D eigenvalue weighted by molar-refractivity contribution is 1.71. The first-order valence-electron chi connectivity index (χ1n) is 11.1. The van der Waals surface area contributed by atoms with Gasteiger partial charge in [0.15, 0.2) is 0 Å². The molecule has 160 valence electrons. The van der Waals surface area contributed by atoms with Crippen molar-refractivity contribution in [3.8, 4) is 0 Å². The van der Waals surface area contributed by atoms with Crippen LogP contribution >= 0.6 is 31.7 Å². The molecule has 4 heteroatoms. The standard InChI is InChI=1S/C28H28P4/c1-5-13-25(14-6-1)29-21-30(26-15-7-2-8-16-26)23-32(28-19-11-4-12-20-28)24-31(22-29)27-17-9-3-10-18-27/h1-20H,21-24H2. The summed E-state index contributed by atoms with van der Waals surface area (Å²) in [5.41, 5.74) is 0. The van der Waals surface area contributed by atoms with Crippen molar-refractivity contribution >= 4 is 52.9 Å². The fraction of sp³-hybridized carbons (Fsp3) is 0.143. The summed E-state index contributed by atoms with van der Waals surface area (Å²) < 4.78 is 0. The third-order valence-electron chi connectivity index (χ3n) is 5.85. The molecule has 0 aromatic heterocycles. The van der Waals surface area contributed by atoms with Gasteiger partial charge in [0.25, 0.3) is 0 Å². The van der Waals surface area contributed by atoms with Gasteiger partial charge in [0, 0.05) is 0 Å². The molecule has 0 spiro atoms. The fourth-order valence-corrected chi connectivity index (χ4v) is 23.1. The molecule has 0 amide bonds. The van der Waals surface area contributed by atoms with E-state index in [-0.39, 0.29) is 31.7 Å². The van der Waals surface area contributed by atoms with Gasteiger partial charge in [0.05, 0.1) is 0 Å². The number of benzene rings is 4. The summed E-state index contributed by atoms with van der Waals surface area (Å²) in [5.74, 6) is 5.48. The Bertz CT molecular complexity index is 897. The second kappa shape index (κ2) is 11.1. The molecule has 0 unspecified atom stereocenters. The van der Waals surface area contributed by atoms with Crippen LogP contribution in [0.5, 0.6) is 0 Å². The van der Waals surface area contributed by atoms with Crippen molar-refractivity contribution in [1.82, 2.24) is 0 Å². The van der Waals surface area contributed by atoms with E-state index in [2.05, 4.69) is 121 Å². The van der Waals surface area contributed by atoms with Crippen LogP contribution in [0.1, 0.15) is 0 Å². The topological polar surface area (TPSA) is 0 Å². The highest BCUT2D eigenvalue weighted by Gasteiger charge is 2.31. The van der Waals surface area contributed by atoms with Crippen LogP contribution in [0.4, 0.5) is 0 Å². The first-order chi connectivity index (χ1) is 15.9. The van der Waals surface area contributed by atoms with Crippen molar-refractivity contribution in [3.63, 3.8) is 0 Å². The highest BCUT2D eigenvalue weighted by Crippen LogP contribution is 2.66. The van der Waals surface area contributed by atoms with Gasteiger partial charge >= 0.3 is 0 Å². The van der Waals surface area contributed by atoms with Crippen molar-refractivity contribution in [2.45, 2.75) is 0 Å². The lowest BCUT2D eigenvalue weighted by Gasteiger charge is -2.36. The smallest absolute Gasteiger partial charge is 0.00333 e. The van der Waals surface area contributed by atoms with E-state index in [1.165, 1.54) is 23.6 Å². The lowest BCUT2D eigenvalue weighted by Crippen LogP contribution is -2.19. The van der Waals surface area contributed by atoms with Crippen LogP contribution in [-0.2, 0) is 0 Å². The van der Waals surface area contributed by atoms with E-state index in [1.54, 1.807) is 21.2 Å². The summed E-state index contributed by atoms with van der Waals surface area (Å²) in [6, 6.07) is 45.7. The van der Waals surface area contributed by atoms with Crippen LogP contribution in [0.3, 0.4) is 0 Å². The van der Waals surface area contributed by atoms with E-state index in [0.717, 1.165) is 0 Å². The van der Waals surface area contributed by atoms with Gasteiger partial charge in [0.2, 0.25) is 0 Å². The van der Waals surface area contributed by atoms with Crippen molar-refractivity contribution in [1.29, 1.82) is 0 Å². The maximum absolute atomic E-state index is 2.39. The van der Waals surface area contributed by atoms with Gasteiger partial charge in [-0.05, 0) is 44.8 Å². The Hall–Kier alpha value is -1.40. The predicted octanol–water partition coefficient (Wildman–Crippen LogP) is 7.06. The van der Waals surface area contributed by atoms with Crippen LogP contribution < -0.4 is 21.2 Å². The molecule has 1 aliphatic rings. The summed E-state index contributed by atoms with van der Waals surface area (Å²) in [6.07, 6.45) is 0. The van der Waals surface area contributed by atoms with Crippen molar-refractivity contribution in [2.24, 2.45) is 0 Å². The van der Waals surface area contributed by atoms with Crippen LogP contribution in [0.15, 0.2) is 121 Å². The Labute approximate surface area is 197 Å². The first-order valence-corrected chi connectivity index (χ1v) is 17.9. The molecule has 4 aromatic carbocycles. The van der Waals surface area contributed by atoms with Crippen LogP contribution in [0, 0.1) is 0 Å². The molecular weight excluding hydrogens is 460 g/mol. The van der Waals surface area contributed by atoms with Gasteiger partial charge in [-0.25, -0.2) is 0 Å². The summed E-state index contributed by atoms with van der Waals surface area (Å²) >= 11 is 0. The molecule has 1 saturated heterocycles. The molecule has 0 N–H and O–H groups in total. The molecule has 0 bridgehead atoms. The van der Waals surface area contributed by atoms with Gasteiger partial charge in [-0.3, -0.25) is 0 Å². The second-order valence-corrected chi connectivity index (χ2v) is 19.0. The second-order valence-electron chi connectivity index (χ2n) is 8.07. The molecule has 0 radical (unpaired) electrons. The summed E-state index contributed by atoms with van der Waals surface area (Å²) in [4.78, 5) is 0. The molecule has 1 fully saturated rings. The Morgan fingerprint density at radius 3 is 0.656 bits per heavy atom. The summed E-state index contributed by atoms with van der Waals surface area (Å²) in [5, 5.41) is 6.39. The third kappa shape index (κ3) is 5.56. The maximum atomic E-state index is 2.39. The molecule has 5 rings (SSSR count). The zero-order chi connectivity index (χ0) is 21.6. The van der Waals surface area contributed by atoms with E-state index >= 15 is 0 Å². The van der Waals surface area contributed by atoms with E-state index in [9.17, 15) is 0 Å². The van der Waals surface area contributed by atoms with Gasteiger partial charge in [-0.1, -0.05) is 153 Å². The molecule has 1 aliphatic heterocycles. The molecule has 4 aromatic rings. The van der Waals surface area contributed by atoms with Gasteiger partial charge < -0.3 is 0 Å². The Balaban J connectivity index is 1.55. The highest BCUT2D eigenvalue weighted by molar-refractivity contribution is 7.97. The zero-order valence-electron chi connectivity index (χ0n) is 18.2. The van der Waals surface area contributed by atoms with Crippen molar-refractivity contribution < 1.29 is 0 Å². The number of hydrogen-bond donors (Lipinski definition) is 0. The molecule has 0 atom stereocenters. The molecule has 0 nitrogen and oxygen atoms in total. The fourth-order valence-electron chi connectivity index (χ4n) is 4.21. The SMILES string of the molecule is c1ccc(P2CP(c3ccccc3)CP(c3ccccc3)CP(c3ccccc3)C2)cc1. The summed E-state index contributed by atoms with van der Waals surface area (Å²) in [6.45, 7) is 0. The van der Waals surface area contributed by atoms with E-state index in [1.807, 2.05) is 0 Å². The number of hydrogen-bond acceptors (Lipinski definition) is 0. The minimum absolute atomic E-state index is 0.156. The Morgan fingerprint density at radius 1 is 0.281 bits per heavy atom. The number of rotatable bonds is 4. The summed E-state index contributed by atoms with van der Waals surface area (Å²) in [7, 11) is -0.625. The normalized spacial score (nSPS) is 23.8. The predicted molar refractivity (Wildman–Crippen MR) is 151 cm³/mol. The quantitative estimate of drug-likeness (QED) is 0.270. The van der Waals surface area contributed by atoms with Crippen LogP contribution in [0.25, 0.3) is 0 Å². The van der Waals surface area contributed by atoms with Crippen LogP contribution in [-0.4, -0.2) is 23.6 Å². The largest absolute Gasteiger partial charge is 0.0659 e. The first kappa shape index (κ1) is 22.4. The average molecular weight is 488 g/mol. The van der Waals surface area contributed by atoms with E-state index in [0.29, 0.717) is 0 Å². The Morgan fingerprint density at radius 2 is 0.469 bits per heavy atom. The van der Waals surface area contributed by atoms with E-state index in [4.69, 9.17) is 0 Å². The van der Waals surface area contributed by atoms with Crippen molar-refractivity contribution in [3.05, 3.63) is 121 Å². The lowest BCUT2D eigenvalue weighted by atomic mass is 10.4. The molecule has 0 aliphatic carbocycles. The monoisotopic (exact) mass is 488 g/mol.